The maximum Gasteiger partial charge on any atom is 0.412 e. The van der Waals surface area contributed by atoms with E-state index in [0.717, 1.165) is 16.7 Å². The van der Waals surface area contributed by atoms with E-state index in [4.69, 9.17) is 9.26 Å². The van der Waals surface area contributed by atoms with Crippen LogP contribution in [0.4, 0.5) is 10.5 Å². The topological polar surface area (TPSA) is 64.4 Å². The summed E-state index contributed by atoms with van der Waals surface area (Å²) in [5.74, 6) is 0.513. The van der Waals surface area contributed by atoms with Crippen LogP contribution in [0.2, 0.25) is 0 Å². The second kappa shape index (κ2) is 7.44. The number of benzene rings is 2. The molecule has 2 aromatic carbocycles. The molecule has 1 aromatic heterocycles. The van der Waals surface area contributed by atoms with E-state index in [1.807, 2.05) is 24.3 Å². The lowest BCUT2D eigenvalue weighted by Crippen LogP contribution is -2.18. The van der Waals surface area contributed by atoms with Gasteiger partial charge in [-0.15, -0.1) is 0 Å². The molecule has 0 aliphatic heterocycles. The number of aromatic nitrogens is 1. The summed E-state index contributed by atoms with van der Waals surface area (Å²) in [4.78, 5) is 11.9. The van der Waals surface area contributed by atoms with Crippen LogP contribution in [0.1, 0.15) is 25.1 Å². The molecule has 0 atom stereocenters. The number of ether oxygens (including phenoxy) is 1. The molecule has 0 saturated carbocycles. The van der Waals surface area contributed by atoms with E-state index in [2.05, 4.69) is 41.7 Å². The summed E-state index contributed by atoms with van der Waals surface area (Å²) in [7, 11) is 0. The Morgan fingerprint density at radius 1 is 0.962 bits per heavy atom. The Bertz CT molecular complexity index is 894. The smallest absolute Gasteiger partial charge is 0.412 e. The summed E-state index contributed by atoms with van der Waals surface area (Å²) in [5, 5.41) is 6.69. The lowest BCUT2D eigenvalue weighted by Gasteiger charge is -2.10. The summed E-state index contributed by atoms with van der Waals surface area (Å²) >= 11 is 0. The molecule has 0 spiro atoms. The van der Waals surface area contributed by atoms with Gasteiger partial charge in [0.15, 0.2) is 5.76 Å². The third kappa shape index (κ3) is 3.94. The maximum absolute atomic E-state index is 11.9. The minimum absolute atomic E-state index is 0.201. The maximum atomic E-state index is 11.9. The number of hydrogen-bond acceptors (Lipinski definition) is 4. The van der Waals surface area contributed by atoms with Gasteiger partial charge in [0, 0.05) is 5.56 Å². The number of carbonyl (C=O) groups is 1. The lowest BCUT2D eigenvalue weighted by molar-refractivity contribution is 0.130. The van der Waals surface area contributed by atoms with Crippen molar-refractivity contribution in [1.82, 2.24) is 5.16 Å². The second-order valence-electron chi connectivity index (χ2n) is 6.49. The van der Waals surface area contributed by atoms with Gasteiger partial charge in [0.05, 0.1) is 6.10 Å². The first kappa shape index (κ1) is 17.7. The van der Waals surface area contributed by atoms with Crippen LogP contribution in [0, 0.1) is 13.8 Å². The van der Waals surface area contributed by atoms with E-state index in [1.165, 1.54) is 5.56 Å². The molecule has 1 N–H and O–H groups in total. The van der Waals surface area contributed by atoms with E-state index in [0.29, 0.717) is 17.1 Å². The molecule has 26 heavy (non-hydrogen) atoms. The fourth-order valence-corrected chi connectivity index (χ4v) is 2.62. The van der Waals surface area contributed by atoms with E-state index in [9.17, 15) is 4.79 Å². The van der Waals surface area contributed by atoms with Crippen LogP contribution in [-0.4, -0.2) is 17.4 Å². The Balaban J connectivity index is 1.85. The Morgan fingerprint density at radius 2 is 1.50 bits per heavy atom. The van der Waals surface area contributed by atoms with E-state index < -0.39 is 6.09 Å². The van der Waals surface area contributed by atoms with Gasteiger partial charge in [-0.25, -0.2) is 4.79 Å². The number of nitrogens with one attached hydrogen (secondary N) is 1. The number of aryl methyl sites for hydroxylation is 2. The van der Waals surface area contributed by atoms with Gasteiger partial charge in [-0.2, -0.15) is 0 Å². The van der Waals surface area contributed by atoms with Crippen molar-refractivity contribution in [2.24, 2.45) is 0 Å². The van der Waals surface area contributed by atoms with E-state index in [1.54, 1.807) is 20.8 Å². The third-order valence-corrected chi connectivity index (χ3v) is 3.96. The van der Waals surface area contributed by atoms with Crippen molar-refractivity contribution in [3.63, 3.8) is 0 Å². The zero-order valence-electron chi connectivity index (χ0n) is 15.4. The zero-order valence-corrected chi connectivity index (χ0v) is 15.4. The molecular weight excluding hydrogens is 328 g/mol. The Hall–Kier alpha value is -3.08. The van der Waals surface area contributed by atoms with Gasteiger partial charge >= 0.3 is 6.09 Å². The summed E-state index contributed by atoms with van der Waals surface area (Å²) in [6.07, 6.45) is -0.726. The number of carbonyl (C=O) groups excluding carboxylic acids is 1. The largest absolute Gasteiger partial charge is 0.447 e. The molecular formula is C21H22N2O3. The fraction of sp³-hybridized carbons (Fsp3) is 0.238. The number of anilines is 1. The second-order valence-corrected chi connectivity index (χ2v) is 6.49. The van der Waals surface area contributed by atoms with Gasteiger partial charge < -0.3 is 9.26 Å². The molecule has 1 heterocycles. The van der Waals surface area contributed by atoms with Gasteiger partial charge in [-0.1, -0.05) is 59.3 Å². The van der Waals surface area contributed by atoms with Crippen molar-refractivity contribution in [1.29, 1.82) is 0 Å². The average Bonchev–Trinajstić information content (AvgIpc) is 2.96. The molecule has 5 heteroatoms. The van der Waals surface area contributed by atoms with E-state index in [-0.39, 0.29) is 6.10 Å². The molecule has 1 amide bonds. The van der Waals surface area contributed by atoms with Crippen molar-refractivity contribution in [3.8, 4) is 22.5 Å². The van der Waals surface area contributed by atoms with Gasteiger partial charge in [-0.05, 0) is 38.8 Å². The number of amides is 1. The van der Waals surface area contributed by atoms with Gasteiger partial charge in [-0.3, -0.25) is 5.32 Å². The fourth-order valence-electron chi connectivity index (χ4n) is 2.62. The summed E-state index contributed by atoms with van der Waals surface area (Å²) < 4.78 is 10.6. The van der Waals surface area contributed by atoms with Crippen molar-refractivity contribution in [3.05, 3.63) is 59.8 Å². The number of nitrogens with zero attached hydrogens (tertiary/aromatic N) is 1. The van der Waals surface area contributed by atoms with Crippen LogP contribution in [0.3, 0.4) is 0 Å². The van der Waals surface area contributed by atoms with Crippen LogP contribution < -0.4 is 5.32 Å². The highest BCUT2D eigenvalue weighted by Crippen LogP contribution is 2.32. The molecule has 0 bridgehead atoms. The first-order chi connectivity index (χ1) is 12.4. The average molecular weight is 350 g/mol. The SMILES string of the molecule is Cc1ccc(-c2ccc(-c3onc(C)c3NC(=O)OC(C)C)cc2)cc1. The molecule has 0 aliphatic carbocycles. The van der Waals surface area contributed by atoms with E-state index >= 15 is 0 Å². The zero-order chi connectivity index (χ0) is 18.7. The first-order valence-corrected chi connectivity index (χ1v) is 8.55. The molecule has 0 radical (unpaired) electrons. The minimum Gasteiger partial charge on any atom is -0.447 e. The molecule has 3 aromatic rings. The lowest BCUT2D eigenvalue weighted by atomic mass is 10.0. The van der Waals surface area contributed by atoms with Crippen LogP contribution >= 0.6 is 0 Å². The molecule has 134 valence electrons. The quantitative estimate of drug-likeness (QED) is 0.667. The highest BCUT2D eigenvalue weighted by molar-refractivity contribution is 5.91. The van der Waals surface area contributed by atoms with Crippen molar-refractivity contribution < 1.29 is 14.1 Å². The Morgan fingerprint density at radius 3 is 2.08 bits per heavy atom. The molecule has 0 aliphatic rings. The van der Waals surface area contributed by atoms with Crippen LogP contribution in [0.25, 0.3) is 22.5 Å². The van der Waals surface area contributed by atoms with Crippen LogP contribution in [0.5, 0.6) is 0 Å². The minimum atomic E-state index is -0.524. The predicted molar refractivity (Wildman–Crippen MR) is 102 cm³/mol. The standard InChI is InChI=1S/C21H22N2O3/c1-13(2)25-21(24)22-19-15(4)23-26-20(19)18-11-9-17(10-12-18)16-7-5-14(3)6-8-16/h5-13H,1-4H3,(H,22,24). The third-order valence-electron chi connectivity index (χ3n) is 3.96. The van der Waals surface area contributed by atoms with Crippen LogP contribution in [-0.2, 0) is 4.74 Å². The summed E-state index contributed by atoms with van der Waals surface area (Å²) in [6, 6.07) is 16.3. The van der Waals surface area contributed by atoms with Crippen molar-refractivity contribution >= 4 is 11.8 Å². The molecule has 3 rings (SSSR count). The Labute approximate surface area is 153 Å². The monoisotopic (exact) mass is 350 g/mol. The Kier molecular flexibility index (Phi) is 5.07. The van der Waals surface area contributed by atoms with Gasteiger partial charge in [0.1, 0.15) is 11.4 Å². The highest BCUT2D eigenvalue weighted by Gasteiger charge is 2.18. The molecule has 0 saturated heterocycles. The molecule has 0 unspecified atom stereocenters. The number of rotatable bonds is 4. The summed E-state index contributed by atoms with van der Waals surface area (Å²) in [5.41, 5.74) is 5.45. The van der Waals surface area contributed by atoms with Gasteiger partial charge in [0.25, 0.3) is 0 Å². The molecule has 0 fully saturated rings. The molecule has 5 nitrogen and oxygen atoms in total. The first-order valence-electron chi connectivity index (χ1n) is 8.55. The van der Waals surface area contributed by atoms with Gasteiger partial charge in [0.2, 0.25) is 0 Å². The summed E-state index contributed by atoms with van der Waals surface area (Å²) in [6.45, 7) is 7.44. The normalized spacial score (nSPS) is 10.8. The predicted octanol–water partition coefficient (Wildman–Crippen LogP) is 5.58. The van der Waals surface area contributed by atoms with Crippen LogP contribution in [0.15, 0.2) is 53.1 Å². The number of hydrogen-bond donors (Lipinski definition) is 1. The van der Waals surface area contributed by atoms with Crippen molar-refractivity contribution in [2.45, 2.75) is 33.8 Å². The highest BCUT2D eigenvalue weighted by atomic mass is 16.6. The van der Waals surface area contributed by atoms with Crippen molar-refractivity contribution in [2.75, 3.05) is 5.32 Å².